The van der Waals surface area contributed by atoms with Crippen LogP contribution in [0.4, 0.5) is 17.1 Å². The van der Waals surface area contributed by atoms with Crippen LogP contribution in [0.3, 0.4) is 0 Å². The van der Waals surface area contributed by atoms with Gasteiger partial charge < -0.3 is 14.0 Å². The average molecular weight is 1010 g/mol. The van der Waals surface area contributed by atoms with Crippen molar-refractivity contribution in [1.82, 2.24) is 9.13 Å². The van der Waals surface area contributed by atoms with Crippen LogP contribution < -0.4 is 58.4 Å². The molecule has 0 N–H and O–H groups in total. The number of anilines is 3. The Hall–Kier alpha value is -8.83. The predicted octanol–water partition coefficient (Wildman–Crippen LogP) is 10.6. The molecule has 2 aromatic heterocycles. The van der Waals surface area contributed by atoms with Crippen molar-refractivity contribution in [3.63, 3.8) is 0 Å². The van der Waals surface area contributed by atoms with E-state index in [4.69, 9.17) is 0 Å². The van der Waals surface area contributed by atoms with Crippen LogP contribution in [0.5, 0.6) is 0 Å². The maximum Gasteiger partial charge on any atom is 0.247 e. The van der Waals surface area contributed by atoms with Gasteiger partial charge in [0.25, 0.3) is 0 Å². The van der Waals surface area contributed by atoms with Crippen LogP contribution in [-0.2, 0) is 0 Å². The molecule has 0 unspecified atom stereocenters. The number of fused-ring (bicyclic) bond motifs is 6. The van der Waals surface area contributed by atoms with E-state index >= 15 is 0 Å². The molecule has 0 amide bonds. The van der Waals surface area contributed by atoms with Crippen molar-refractivity contribution in [3.05, 3.63) is 258 Å². The highest BCUT2D eigenvalue weighted by atomic mass is 28.3. The normalized spacial score (nSPS) is 13.8. The summed E-state index contributed by atoms with van der Waals surface area (Å²) < 4.78 is 5.16. The zero-order valence-corrected chi connectivity index (χ0v) is 45.9. The van der Waals surface area contributed by atoms with Crippen LogP contribution in [0.1, 0.15) is 33.4 Å². The smallest absolute Gasteiger partial charge is 0.247 e. The van der Waals surface area contributed by atoms with Crippen LogP contribution in [0.25, 0.3) is 55.0 Å². The highest BCUT2D eigenvalue weighted by molar-refractivity contribution is 7.22. The van der Waals surface area contributed by atoms with Gasteiger partial charge in [0.05, 0.1) is 22.1 Å². The van der Waals surface area contributed by atoms with Gasteiger partial charge in [0, 0.05) is 50.0 Å². The maximum absolute atomic E-state index is 3.41. The van der Waals surface area contributed by atoms with Crippen molar-refractivity contribution < 1.29 is 0 Å². The second-order valence-electron chi connectivity index (χ2n) is 22.7. The van der Waals surface area contributed by atoms with E-state index in [9.17, 15) is 0 Å². The van der Waals surface area contributed by atoms with Crippen molar-refractivity contribution in [3.8, 4) is 11.4 Å². The number of aromatic nitrogens is 2. The second-order valence-corrected chi connectivity index (χ2v) is 26.4. The van der Waals surface area contributed by atoms with E-state index in [-0.39, 0.29) is 13.4 Å². The molecule has 13 aromatic rings. The van der Waals surface area contributed by atoms with Gasteiger partial charge in [-0.2, -0.15) is 0 Å². The summed E-state index contributed by atoms with van der Waals surface area (Å²) in [6.45, 7) is 13.8. The van der Waals surface area contributed by atoms with Crippen LogP contribution in [0.15, 0.2) is 224 Å². The molecule has 3 aliphatic heterocycles. The van der Waals surface area contributed by atoms with E-state index in [0.717, 1.165) is 0 Å². The van der Waals surface area contributed by atoms with Gasteiger partial charge in [0.15, 0.2) is 8.07 Å². The molecule has 0 atom stereocenters. The minimum atomic E-state index is -3.41. The summed E-state index contributed by atoms with van der Waals surface area (Å²) in [5.41, 5.74) is 27.5. The number of hydrogen-bond donors (Lipinski definition) is 0. The molecule has 0 fully saturated rings. The fraction of sp³-hybridized carbons (Fsp3) is 0.0833. The van der Waals surface area contributed by atoms with Gasteiger partial charge in [-0.3, -0.25) is 0 Å². The lowest BCUT2D eigenvalue weighted by Gasteiger charge is -2.53. The van der Waals surface area contributed by atoms with E-state index in [1.54, 1.807) is 0 Å². The molecule has 0 saturated heterocycles. The third kappa shape index (κ3) is 6.01. The Balaban J connectivity index is 1.17. The zero-order valence-electron chi connectivity index (χ0n) is 44.9. The number of benzene rings is 11. The Bertz CT molecular complexity index is 4280. The van der Waals surface area contributed by atoms with Crippen LogP contribution in [0.2, 0.25) is 0 Å². The number of para-hydroxylation sites is 5. The Morgan fingerprint density at radius 1 is 0.308 bits per heavy atom. The van der Waals surface area contributed by atoms with E-state index in [1.165, 1.54) is 159 Å². The third-order valence-electron chi connectivity index (χ3n) is 18.2. The third-order valence-corrected chi connectivity index (χ3v) is 23.0. The fourth-order valence-corrected chi connectivity index (χ4v) is 20.9. The molecule has 0 bridgehead atoms. The summed E-state index contributed by atoms with van der Waals surface area (Å²) in [5.74, 6) is 0. The molecular formula is C72H55B2N3Si. The number of nitrogens with zero attached hydrogens (tertiary/aromatic N) is 3. The van der Waals surface area contributed by atoms with Gasteiger partial charge in [-0.15, -0.1) is 0 Å². The summed E-state index contributed by atoms with van der Waals surface area (Å²) in [4.78, 5) is 2.81. The summed E-state index contributed by atoms with van der Waals surface area (Å²) in [6, 6.07) is 87.2. The summed E-state index contributed by atoms with van der Waals surface area (Å²) >= 11 is 0. The van der Waals surface area contributed by atoms with Gasteiger partial charge in [-0.25, -0.2) is 0 Å². The van der Waals surface area contributed by atoms with Crippen molar-refractivity contribution in [2.75, 3.05) is 4.90 Å². The molecule has 0 radical (unpaired) electrons. The summed E-state index contributed by atoms with van der Waals surface area (Å²) in [6.07, 6.45) is 0. The molecular weight excluding hydrogens is 957 g/mol. The maximum atomic E-state index is 2.81. The van der Waals surface area contributed by atoms with E-state index in [2.05, 4.69) is 280 Å². The highest BCUT2D eigenvalue weighted by Gasteiger charge is 2.56. The first-order chi connectivity index (χ1) is 38.2. The van der Waals surface area contributed by atoms with Gasteiger partial charge in [0.1, 0.15) is 0 Å². The molecule has 5 heterocycles. The predicted molar refractivity (Wildman–Crippen MR) is 338 cm³/mol. The molecule has 3 nitrogen and oxygen atoms in total. The van der Waals surface area contributed by atoms with Gasteiger partial charge in [-0.05, 0) is 133 Å². The molecule has 78 heavy (non-hydrogen) atoms. The molecule has 0 aliphatic carbocycles. The summed E-state index contributed by atoms with van der Waals surface area (Å²) in [5, 5.41) is 10.6. The minimum Gasteiger partial charge on any atom is -0.313 e. The van der Waals surface area contributed by atoms with Gasteiger partial charge >= 0.3 is 0 Å². The zero-order chi connectivity index (χ0) is 52.3. The monoisotopic (exact) mass is 1010 g/mol. The molecule has 6 heteroatoms. The van der Waals surface area contributed by atoms with E-state index in [1.807, 2.05) is 0 Å². The molecule has 11 aromatic carbocycles. The molecule has 16 rings (SSSR count). The van der Waals surface area contributed by atoms with Crippen molar-refractivity contribution in [2.24, 2.45) is 0 Å². The Labute approximate surface area is 457 Å². The van der Waals surface area contributed by atoms with Crippen molar-refractivity contribution in [1.29, 1.82) is 0 Å². The number of aryl methyl sites for hydroxylation is 6. The standard InChI is InChI=1S/C72H55B2N3Si/c1-44-36-46(3)68(47(4)37-44)73-58-30-21-31-59-70(58)77-71-60(73)40-50(75-62-32-17-13-26-54(62)55-27-14-18-33-63(55)75)42-66(71)78(52-22-9-7-10-23-52,53-24-11-8-12-25-53)67-43-51(76-64-34-19-15-28-56(64)57-29-16-20-35-65(57)76)41-61(72(67)77)74(59)69-48(5)38-45(2)39-49(69)6/h7-43H,1-6H3. The van der Waals surface area contributed by atoms with Crippen LogP contribution in [-0.4, -0.2) is 30.6 Å². The summed E-state index contributed by atoms with van der Waals surface area (Å²) in [7, 11) is -3.41. The lowest BCUT2D eigenvalue weighted by molar-refractivity contribution is 1.17. The lowest BCUT2D eigenvalue weighted by atomic mass is 9.29. The van der Waals surface area contributed by atoms with Crippen molar-refractivity contribution in [2.45, 2.75) is 41.5 Å². The Kier molecular flexibility index (Phi) is 9.65. The molecule has 368 valence electrons. The Morgan fingerprint density at radius 2 is 0.641 bits per heavy atom. The topological polar surface area (TPSA) is 13.1 Å². The number of rotatable bonds is 6. The molecule has 0 spiro atoms. The highest BCUT2D eigenvalue weighted by Crippen LogP contribution is 2.44. The second kappa shape index (κ2) is 16.6. The minimum absolute atomic E-state index is 0.0577. The van der Waals surface area contributed by atoms with E-state index in [0.29, 0.717) is 0 Å². The lowest BCUT2D eigenvalue weighted by Crippen LogP contribution is -2.81. The van der Waals surface area contributed by atoms with Crippen LogP contribution in [0, 0.1) is 41.5 Å². The quantitative estimate of drug-likeness (QED) is 0.151. The SMILES string of the molecule is Cc1cc(C)c(B2c3cccc4c3N3c5c2cc(-n2c6ccccc6c6ccccc62)cc5[Si](c2ccccc2)(c2ccccc2)c2cc(-n5c6ccccc6c6ccccc65)cc(c23)B4c2c(C)cc(C)cc2C)c(C)c1. The first kappa shape index (κ1) is 45.4. The first-order valence-corrected chi connectivity index (χ1v) is 29.7. The molecule has 0 saturated carbocycles. The van der Waals surface area contributed by atoms with Gasteiger partial charge in [-0.1, -0.05) is 220 Å². The first-order valence-electron chi connectivity index (χ1n) is 27.7. The van der Waals surface area contributed by atoms with E-state index < -0.39 is 8.07 Å². The van der Waals surface area contributed by atoms with Crippen molar-refractivity contribution >= 4 is 136 Å². The average Bonchev–Trinajstić information content (AvgIpc) is 2.22. The van der Waals surface area contributed by atoms with Crippen LogP contribution >= 0.6 is 0 Å². The largest absolute Gasteiger partial charge is 0.313 e. The molecule has 3 aliphatic rings. The Morgan fingerprint density at radius 3 is 1.00 bits per heavy atom. The number of hydrogen-bond acceptors (Lipinski definition) is 1. The fourth-order valence-electron chi connectivity index (χ4n) is 15.7. The van der Waals surface area contributed by atoms with Gasteiger partial charge in [0.2, 0.25) is 13.4 Å².